The Morgan fingerprint density at radius 3 is 2.68 bits per heavy atom. The lowest BCUT2D eigenvalue weighted by Crippen LogP contribution is -2.46. The van der Waals surface area contributed by atoms with E-state index in [0.29, 0.717) is 12.1 Å². The Morgan fingerprint density at radius 1 is 1.20 bits per heavy atom. The summed E-state index contributed by atoms with van der Waals surface area (Å²) in [7, 11) is 0. The SMILES string of the molecule is CCn1ncc2nc(Cl)nc(NC3CCC(N4CCOCC4)CC3)c21. The Balaban J connectivity index is 1.45. The molecule has 1 N–H and O–H groups in total. The van der Waals surface area contributed by atoms with E-state index in [1.54, 1.807) is 6.20 Å². The summed E-state index contributed by atoms with van der Waals surface area (Å²) in [4.78, 5) is 11.3. The van der Waals surface area contributed by atoms with Gasteiger partial charge < -0.3 is 10.1 Å². The first-order chi connectivity index (χ1) is 12.2. The number of hydrogen-bond acceptors (Lipinski definition) is 6. The number of nitrogens with one attached hydrogen (secondary N) is 1. The van der Waals surface area contributed by atoms with Crippen molar-refractivity contribution in [2.45, 2.75) is 51.2 Å². The number of ether oxygens (including phenoxy) is 1. The number of fused-ring (bicyclic) bond motifs is 1. The van der Waals surface area contributed by atoms with Crippen LogP contribution in [-0.2, 0) is 11.3 Å². The maximum Gasteiger partial charge on any atom is 0.225 e. The fraction of sp³-hybridized carbons (Fsp3) is 0.706. The normalized spacial score (nSPS) is 25.4. The van der Waals surface area contributed by atoms with Crippen molar-refractivity contribution < 1.29 is 4.74 Å². The van der Waals surface area contributed by atoms with Crippen molar-refractivity contribution in [1.82, 2.24) is 24.6 Å². The fourth-order valence-electron chi connectivity index (χ4n) is 4.03. The molecule has 0 unspecified atom stereocenters. The zero-order chi connectivity index (χ0) is 17.2. The lowest BCUT2D eigenvalue weighted by molar-refractivity contribution is 0.00791. The molecule has 7 nitrogen and oxygen atoms in total. The number of aryl methyl sites for hydroxylation is 1. The van der Waals surface area contributed by atoms with Crippen molar-refractivity contribution in [2.75, 3.05) is 31.6 Å². The molecule has 2 fully saturated rings. The molecule has 4 rings (SSSR count). The van der Waals surface area contributed by atoms with Gasteiger partial charge >= 0.3 is 0 Å². The Labute approximate surface area is 152 Å². The molecule has 1 aliphatic heterocycles. The molecule has 1 saturated heterocycles. The van der Waals surface area contributed by atoms with E-state index in [9.17, 15) is 0 Å². The van der Waals surface area contributed by atoms with E-state index in [2.05, 4.69) is 32.2 Å². The number of rotatable bonds is 4. The molecule has 3 heterocycles. The third-order valence-corrected chi connectivity index (χ3v) is 5.53. The molecule has 0 amide bonds. The van der Waals surface area contributed by atoms with Crippen LogP contribution in [0.5, 0.6) is 0 Å². The Hall–Kier alpha value is -1.44. The molecule has 136 valence electrons. The molecular weight excluding hydrogens is 340 g/mol. The Bertz CT molecular complexity index is 721. The average molecular weight is 365 g/mol. The first-order valence-electron chi connectivity index (χ1n) is 9.22. The quantitative estimate of drug-likeness (QED) is 0.841. The summed E-state index contributed by atoms with van der Waals surface area (Å²) in [6.45, 7) is 6.74. The molecule has 0 radical (unpaired) electrons. The summed E-state index contributed by atoms with van der Waals surface area (Å²) in [6, 6.07) is 1.11. The first-order valence-corrected chi connectivity index (χ1v) is 9.59. The van der Waals surface area contributed by atoms with Crippen molar-refractivity contribution in [3.05, 3.63) is 11.5 Å². The van der Waals surface area contributed by atoms with Crippen LogP contribution in [0, 0.1) is 0 Å². The van der Waals surface area contributed by atoms with Crippen molar-refractivity contribution in [1.29, 1.82) is 0 Å². The lowest BCUT2D eigenvalue weighted by atomic mass is 9.90. The van der Waals surface area contributed by atoms with Gasteiger partial charge in [-0.05, 0) is 44.2 Å². The van der Waals surface area contributed by atoms with E-state index in [0.717, 1.165) is 62.5 Å². The second kappa shape index (κ2) is 7.43. The fourth-order valence-corrected chi connectivity index (χ4v) is 4.21. The minimum absolute atomic E-state index is 0.271. The third kappa shape index (κ3) is 3.59. The van der Waals surface area contributed by atoms with E-state index in [-0.39, 0.29) is 5.28 Å². The molecule has 0 bridgehead atoms. The maximum atomic E-state index is 6.10. The smallest absolute Gasteiger partial charge is 0.225 e. The highest BCUT2D eigenvalue weighted by molar-refractivity contribution is 6.28. The largest absolute Gasteiger partial charge is 0.379 e. The van der Waals surface area contributed by atoms with Gasteiger partial charge in [0.15, 0.2) is 5.82 Å². The maximum absolute atomic E-state index is 6.10. The summed E-state index contributed by atoms with van der Waals surface area (Å²) < 4.78 is 7.39. The van der Waals surface area contributed by atoms with Crippen LogP contribution < -0.4 is 5.32 Å². The van der Waals surface area contributed by atoms with Crippen LogP contribution in [0.2, 0.25) is 5.28 Å². The predicted octanol–water partition coefficient (Wildman–Crippen LogP) is 2.55. The number of anilines is 1. The molecule has 1 aliphatic carbocycles. The van der Waals surface area contributed by atoms with Gasteiger partial charge in [-0.25, -0.2) is 4.98 Å². The molecule has 0 aromatic carbocycles. The highest BCUT2D eigenvalue weighted by Crippen LogP contribution is 2.28. The number of hydrogen-bond donors (Lipinski definition) is 1. The van der Waals surface area contributed by atoms with Gasteiger partial charge in [0, 0.05) is 31.7 Å². The van der Waals surface area contributed by atoms with Crippen LogP contribution >= 0.6 is 11.6 Å². The Kier molecular flexibility index (Phi) is 5.05. The second-order valence-corrected chi connectivity index (χ2v) is 7.17. The van der Waals surface area contributed by atoms with Gasteiger partial charge in [0.1, 0.15) is 11.0 Å². The number of halogens is 1. The molecule has 0 spiro atoms. The molecule has 2 aromatic heterocycles. The first kappa shape index (κ1) is 17.0. The monoisotopic (exact) mass is 364 g/mol. The van der Waals surface area contributed by atoms with Gasteiger partial charge in [0.2, 0.25) is 5.28 Å². The van der Waals surface area contributed by atoms with Crippen molar-refractivity contribution in [2.24, 2.45) is 0 Å². The minimum Gasteiger partial charge on any atom is -0.379 e. The molecule has 1 saturated carbocycles. The summed E-state index contributed by atoms with van der Waals surface area (Å²) in [5, 5.41) is 8.26. The summed E-state index contributed by atoms with van der Waals surface area (Å²) in [5.74, 6) is 0.809. The van der Waals surface area contributed by atoms with Crippen molar-refractivity contribution in [3.8, 4) is 0 Å². The molecule has 25 heavy (non-hydrogen) atoms. The second-order valence-electron chi connectivity index (χ2n) is 6.83. The summed E-state index contributed by atoms with van der Waals surface area (Å²) in [5.41, 5.74) is 1.74. The van der Waals surface area contributed by atoms with Crippen LogP contribution in [0.25, 0.3) is 11.0 Å². The van der Waals surface area contributed by atoms with Gasteiger partial charge in [0.05, 0.1) is 19.4 Å². The van der Waals surface area contributed by atoms with Gasteiger partial charge in [-0.15, -0.1) is 0 Å². The number of aromatic nitrogens is 4. The van der Waals surface area contributed by atoms with E-state index in [1.165, 1.54) is 12.8 Å². The van der Waals surface area contributed by atoms with Gasteiger partial charge in [-0.1, -0.05) is 0 Å². The molecule has 2 aromatic rings. The number of morpholine rings is 1. The van der Waals surface area contributed by atoms with E-state index in [4.69, 9.17) is 16.3 Å². The summed E-state index contributed by atoms with van der Waals surface area (Å²) in [6.07, 6.45) is 6.48. The lowest BCUT2D eigenvalue weighted by Gasteiger charge is -2.39. The topological polar surface area (TPSA) is 68.1 Å². The van der Waals surface area contributed by atoms with Gasteiger partial charge in [-0.3, -0.25) is 9.58 Å². The average Bonchev–Trinajstić information content (AvgIpc) is 3.06. The van der Waals surface area contributed by atoms with Crippen molar-refractivity contribution in [3.63, 3.8) is 0 Å². The van der Waals surface area contributed by atoms with Crippen LogP contribution in [0.3, 0.4) is 0 Å². The highest BCUT2D eigenvalue weighted by atomic mass is 35.5. The molecule has 8 heteroatoms. The third-order valence-electron chi connectivity index (χ3n) is 5.36. The van der Waals surface area contributed by atoms with Gasteiger partial charge in [-0.2, -0.15) is 10.1 Å². The van der Waals surface area contributed by atoms with Crippen LogP contribution in [0.15, 0.2) is 6.20 Å². The van der Waals surface area contributed by atoms with Gasteiger partial charge in [0.25, 0.3) is 0 Å². The van der Waals surface area contributed by atoms with Crippen LogP contribution in [0.4, 0.5) is 5.82 Å². The molecule has 0 atom stereocenters. The zero-order valence-electron chi connectivity index (χ0n) is 14.6. The minimum atomic E-state index is 0.271. The van der Waals surface area contributed by atoms with E-state index in [1.807, 2.05) is 4.68 Å². The summed E-state index contributed by atoms with van der Waals surface area (Å²) >= 11 is 6.10. The predicted molar refractivity (Wildman–Crippen MR) is 98.1 cm³/mol. The van der Waals surface area contributed by atoms with Crippen LogP contribution in [0.1, 0.15) is 32.6 Å². The van der Waals surface area contributed by atoms with E-state index >= 15 is 0 Å². The highest BCUT2D eigenvalue weighted by Gasteiger charge is 2.27. The standard InChI is InChI=1S/C17H25ClN6O/c1-2-24-15-14(11-19-24)21-17(18)22-16(15)20-12-3-5-13(6-4-12)23-7-9-25-10-8-23/h11-13H,2-10H2,1H3,(H,20,21,22). The Morgan fingerprint density at radius 2 is 1.96 bits per heavy atom. The molecule has 2 aliphatic rings. The number of nitrogens with zero attached hydrogens (tertiary/aromatic N) is 5. The van der Waals surface area contributed by atoms with E-state index < -0.39 is 0 Å². The zero-order valence-corrected chi connectivity index (χ0v) is 15.4. The van der Waals surface area contributed by atoms with Crippen LogP contribution in [-0.4, -0.2) is 63.0 Å². The van der Waals surface area contributed by atoms with Crippen molar-refractivity contribution >= 4 is 28.5 Å². The molecular formula is C17H25ClN6O.